The predicted molar refractivity (Wildman–Crippen MR) is 109 cm³/mol. The van der Waals surface area contributed by atoms with E-state index in [-0.39, 0.29) is 6.61 Å². The number of aromatic nitrogens is 2. The molecule has 8 heteroatoms. The molecule has 0 aliphatic carbocycles. The van der Waals surface area contributed by atoms with E-state index in [9.17, 15) is 4.79 Å². The lowest BCUT2D eigenvalue weighted by molar-refractivity contribution is 0.0556. The minimum Gasteiger partial charge on any atom is -0.497 e. The number of benzene rings is 2. The monoisotopic (exact) mass is 458 g/mol. The van der Waals surface area contributed by atoms with Crippen LogP contribution in [0.25, 0.3) is 11.5 Å². The van der Waals surface area contributed by atoms with Gasteiger partial charge in [-0.3, -0.25) is 0 Å². The first-order valence-corrected chi connectivity index (χ1v) is 9.92. The second-order valence-corrected chi connectivity index (χ2v) is 7.17. The van der Waals surface area contributed by atoms with Crippen molar-refractivity contribution in [3.05, 3.63) is 58.6 Å². The quantitative estimate of drug-likeness (QED) is 0.306. The molecule has 0 saturated carbocycles. The summed E-state index contributed by atoms with van der Waals surface area (Å²) in [7, 11) is 1.57. The van der Waals surface area contributed by atoms with Gasteiger partial charge in [-0.2, -0.15) is 0 Å². The number of esters is 1. The Morgan fingerprint density at radius 2 is 1.86 bits per heavy atom. The van der Waals surface area contributed by atoms with Crippen LogP contribution in [0.3, 0.4) is 0 Å². The van der Waals surface area contributed by atoms with Gasteiger partial charge in [0.2, 0.25) is 5.89 Å². The molecule has 28 heavy (non-hydrogen) atoms. The van der Waals surface area contributed by atoms with Crippen LogP contribution in [0.1, 0.15) is 10.4 Å². The van der Waals surface area contributed by atoms with Gasteiger partial charge < -0.3 is 13.9 Å². The van der Waals surface area contributed by atoms with Crippen molar-refractivity contribution in [3.63, 3.8) is 0 Å². The fraction of sp³-hybridized carbons (Fsp3) is 0.150. The minimum absolute atomic E-state index is 0.0133. The smallest absolute Gasteiger partial charge is 0.339 e. The summed E-state index contributed by atoms with van der Waals surface area (Å²) in [5.74, 6) is 6.84. The van der Waals surface area contributed by atoms with Gasteiger partial charge in [-0.25, -0.2) is 4.79 Å². The molecule has 0 fully saturated rings. The molecule has 6 nitrogen and oxygen atoms in total. The largest absolute Gasteiger partial charge is 0.497 e. The van der Waals surface area contributed by atoms with Gasteiger partial charge in [0, 0.05) is 10.0 Å². The Balaban J connectivity index is 1.43. The molecule has 0 aliphatic heterocycles. The maximum absolute atomic E-state index is 11.9. The molecule has 0 radical (unpaired) electrons. The van der Waals surface area contributed by atoms with E-state index in [2.05, 4.69) is 38.0 Å². The molecular formula is C20H15BrN2O4S. The molecule has 1 heterocycles. The van der Waals surface area contributed by atoms with Gasteiger partial charge in [0.25, 0.3) is 5.22 Å². The summed E-state index contributed by atoms with van der Waals surface area (Å²) in [4.78, 5) is 11.9. The third kappa shape index (κ3) is 5.62. The van der Waals surface area contributed by atoms with E-state index < -0.39 is 5.97 Å². The number of methoxy groups -OCH3 is 1. The van der Waals surface area contributed by atoms with Crippen LogP contribution in [0.5, 0.6) is 5.75 Å². The van der Waals surface area contributed by atoms with Gasteiger partial charge in [0.05, 0.1) is 18.4 Å². The van der Waals surface area contributed by atoms with Gasteiger partial charge in [-0.15, -0.1) is 10.2 Å². The van der Waals surface area contributed by atoms with Crippen molar-refractivity contribution in [1.29, 1.82) is 0 Å². The first-order chi connectivity index (χ1) is 13.7. The second-order valence-electron chi connectivity index (χ2n) is 5.33. The standard InChI is InChI=1S/C20H15BrN2O4S/c1-25-17-10-6-15(7-11-17)19(24)26-12-2-3-13-28-20-23-22-18(27-20)14-4-8-16(21)9-5-14/h4-11H,12-13H2,1H3. The molecule has 0 spiro atoms. The summed E-state index contributed by atoms with van der Waals surface area (Å²) in [6.45, 7) is 0.0133. The van der Waals surface area contributed by atoms with Crippen LogP contribution < -0.4 is 4.74 Å². The summed E-state index contributed by atoms with van der Waals surface area (Å²) >= 11 is 4.70. The Labute approximate surface area is 174 Å². The van der Waals surface area contributed by atoms with Gasteiger partial charge in [-0.05, 0) is 48.5 Å². The fourth-order valence-electron chi connectivity index (χ4n) is 2.09. The highest BCUT2D eigenvalue weighted by Gasteiger charge is 2.08. The van der Waals surface area contributed by atoms with Crippen molar-refractivity contribution >= 4 is 33.7 Å². The van der Waals surface area contributed by atoms with Crippen LogP contribution >= 0.6 is 27.7 Å². The molecule has 3 aromatic rings. The Kier molecular flexibility index (Phi) is 7.12. The van der Waals surface area contributed by atoms with Gasteiger partial charge in [-0.1, -0.05) is 39.5 Å². The van der Waals surface area contributed by atoms with E-state index in [1.807, 2.05) is 24.3 Å². The summed E-state index contributed by atoms with van der Waals surface area (Å²) < 4.78 is 16.7. The van der Waals surface area contributed by atoms with E-state index in [4.69, 9.17) is 13.9 Å². The number of nitrogens with zero attached hydrogens (tertiary/aromatic N) is 2. The summed E-state index contributed by atoms with van der Waals surface area (Å²) in [6, 6.07) is 14.3. The molecule has 0 atom stereocenters. The zero-order valence-electron chi connectivity index (χ0n) is 14.8. The maximum atomic E-state index is 11.9. The lowest BCUT2D eigenvalue weighted by atomic mass is 10.2. The molecule has 0 aliphatic rings. The van der Waals surface area contributed by atoms with Crippen LogP contribution in [0.4, 0.5) is 0 Å². The Bertz CT molecular complexity index is 992. The highest BCUT2D eigenvalue weighted by atomic mass is 79.9. The molecule has 1 aromatic heterocycles. The first-order valence-electron chi connectivity index (χ1n) is 8.15. The van der Waals surface area contributed by atoms with Gasteiger partial charge in [0.15, 0.2) is 6.61 Å². The number of hydrogen-bond donors (Lipinski definition) is 0. The first kappa shape index (κ1) is 20.0. The normalized spacial score (nSPS) is 10.1. The van der Waals surface area contributed by atoms with Crippen molar-refractivity contribution in [3.8, 4) is 29.0 Å². The van der Waals surface area contributed by atoms with E-state index in [0.29, 0.717) is 28.2 Å². The highest BCUT2D eigenvalue weighted by Crippen LogP contribution is 2.24. The van der Waals surface area contributed by atoms with Crippen molar-refractivity contribution in [1.82, 2.24) is 10.2 Å². The van der Waals surface area contributed by atoms with Crippen LogP contribution in [0, 0.1) is 11.8 Å². The van der Waals surface area contributed by atoms with E-state index >= 15 is 0 Å². The molecule has 0 unspecified atom stereocenters. The zero-order valence-corrected chi connectivity index (χ0v) is 17.2. The van der Waals surface area contributed by atoms with Crippen LogP contribution in [-0.4, -0.2) is 35.6 Å². The molecule has 3 rings (SSSR count). The van der Waals surface area contributed by atoms with E-state index in [0.717, 1.165) is 10.0 Å². The minimum atomic E-state index is -0.430. The summed E-state index contributed by atoms with van der Waals surface area (Å²) in [6.07, 6.45) is 0. The number of halogens is 1. The van der Waals surface area contributed by atoms with Crippen LogP contribution in [0.15, 0.2) is 62.6 Å². The van der Waals surface area contributed by atoms with Crippen molar-refractivity contribution < 1.29 is 18.7 Å². The molecule has 2 aromatic carbocycles. The Morgan fingerprint density at radius 1 is 1.11 bits per heavy atom. The Hall–Kier alpha value is -2.76. The maximum Gasteiger partial charge on any atom is 0.339 e. The number of carbonyl (C=O) groups excluding carboxylic acids is 1. The molecule has 0 bridgehead atoms. The van der Waals surface area contributed by atoms with Crippen molar-refractivity contribution in [2.75, 3.05) is 19.5 Å². The molecule has 0 amide bonds. The van der Waals surface area contributed by atoms with E-state index in [1.54, 1.807) is 31.4 Å². The van der Waals surface area contributed by atoms with Crippen molar-refractivity contribution in [2.24, 2.45) is 0 Å². The van der Waals surface area contributed by atoms with Gasteiger partial charge >= 0.3 is 5.97 Å². The zero-order chi connectivity index (χ0) is 19.8. The van der Waals surface area contributed by atoms with Gasteiger partial charge in [0.1, 0.15) is 5.75 Å². The lowest BCUT2D eigenvalue weighted by Gasteiger charge is -2.02. The van der Waals surface area contributed by atoms with E-state index in [1.165, 1.54) is 11.8 Å². The second kappa shape index (κ2) is 9.97. The molecule has 0 N–H and O–H groups in total. The SMILES string of the molecule is COc1ccc(C(=O)OCC#CCSc2nnc(-c3ccc(Br)cc3)o2)cc1. The van der Waals surface area contributed by atoms with Crippen LogP contribution in [0.2, 0.25) is 0 Å². The number of ether oxygens (including phenoxy) is 2. The number of thioether (sulfide) groups is 1. The molecule has 142 valence electrons. The summed E-state index contributed by atoms with van der Waals surface area (Å²) in [5, 5.41) is 8.44. The topological polar surface area (TPSA) is 74.5 Å². The molecule has 0 saturated heterocycles. The third-order valence-corrected chi connectivity index (χ3v) is 4.72. The van der Waals surface area contributed by atoms with Crippen molar-refractivity contribution in [2.45, 2.75) is 5.22 Å². The average molecular weight is 459 g/mol. The predicted octanol–water partition coefficient (Wildman–Crippen LogP) is 4.46. The fourth-order valence-corrected chi connectivity index (χ4v) is 2.89. The Morgan fingerprint density at radius 3 is 2.57 bits per heavy atom. The number of rotatable bonds is 6. The lowest BCUT2D eigenvalue weighted by Crippen LogP contribution is -2.05. The summed E-state index contributed by atoms with van der Waals surface area (Å²) in [5.41, 5.74) is 1.29. The number of hydrogen-bond acceptors (Lipinski definition) is 7. The van der Waals surface area contributed by atoms with Crippen LogP contribution in [-0.2, 0) is 4.74 Å². The average Bonchev–Trinajstić information content (AvgIpc) is 3.20. The third-order valence-electron chi connectivity index (χ3n) is 3.49. The highest BCUT2D eigenvalue weighted by molar-refractivity contribution is 9.10. The molecular weight excluding hydrogens is 444 g/mol. The number of carbonyl (C=O) groups is 1.